The zero-order chi connectivity index (χ0) is 33.4. The molecule has 2 aliphatic rings. The number of anilines is 1. The van der Waals surface area contributed by atoms with E-state index in [4.69, 9.17) is 24.9 Å². The predicted molar refractivity (Wildman–Crippen MR) is 179 cm³/mol. The lowest BCUT2D eigenvalue weighted by Gasteiger charge is -2.48. The highest BCUT2D eigenvalue weighted by Gasteiger charge is 2.36. The lowest BCUT2D eigenvalue weighted by atomic mass is 9.99. The van der Waals surface area contributed by atoms with Gasteiger partial charge in [-0.3, -0.25) is 9.69 Å². The van der Waals surface area contributed by atoms with Crippen molar-refractivity contribution in [1.82, 2.24) is 19.7 Å². The van der Waals surface area contributed by atoms with Crippen LogP contribution in [0.1, 0.15) is 58.7 Å². The quantitative estimate of drug-likeness (QED) is 0.290. The topological polar surface area (TPSA) is 96.6 Å². The average Bonchev–Trinajstić information content (AvgIpc) is 2.98. The summed E-state index contributed by atoms with van der Waals surface area (Å²) in [5, 5.41) is 0. The highest BCUT2D eigenvalue weighted by atomic mass is 19.1. The molecule has 0 bridgehead atoms. The number of rotatable bonds is 15. The number of carbonyl (C=O) groups is 1. The van der Waals surface area contributed by atoms with E-state index >= 15 is 4.39 Å². The van der Waals surface area contributed by atoms with Crippen LogP contribution in [0.3, 0.4) is 0 Å². The molecule has 3 heterocycles. The van der Waals surface area contributed by atoms with Crippen LogP contribution < -0.4 is 15.4 Å². The van der Waals surface area contributed by atoms with Crippen molar-refractivity contribution in [3.63, 3.8) is 0 Å². The number of benzene rings is 1. The Morgan fingerprint density at radius 3 is 2.24 bits per heavy atom. The van der Waals surface area contributed by atoms with E-state index < -0.39 is 12.3 Å². The molecule has 4 rings (SSSR count). The molecule has 0 radical (unpaired) electrons. The Balaban J connectivity index is 1.43. The first kappa shape index (κ1) is 36.0. The Labute approximate surface area is 275 Å². The molecule has 1 aromatic heterocycles. The first-order valence-corrected chi connectivity index (χ1v) is 16.7. The zero-order valence-corrected chi connectivity index (χ0v) is 28.9. The minimum absolute atomic E-state index is 0.157. The number of nitrogens with two attached hydrogens (primary N) is 1. The van der Waals surface area contributed by atoms with Gasteiger partial charge in [0.15, 0.2) is 17.9 Å². The molecule has 10 nitrogen and oxygen atoms in total. The van der Waals surface area contributed by atoms with Crippen LogP contribution in [-0.4, -0.2) is 116 Å². The number of amides is 1. The third-order valence-corrected chi connectivity index (χ3v) is 8.65. The van der Waals surface area contributed by atoms with Crippen molar-refractivity contribution < 1.29 is 23.4 Å². The molecule has 11 heteroatoms. The summed E-state index contributed by atoms with van der Waals surface area (Å²) in [5.41, 5.74) is 7.72. The van der Waals surface area contributed by atoms with Gasteiger partial charge >= 0.3 is 0 Å². The molecule has 1 atom stereocenters. The number of halogens is 1. The average molecular weight is 643 g/mol. The zero-order valence-electron chi connectivity index (χ0n) is 28.9. The molecule has 0 spiro atoms. The molecule has 2 fully saturated rings. The van der Waals surface area contributed by atoms with Crippen LogP contribution in [0.4, 0.5) is 10.2 Å². The number of piperidine rings is 1. The third-order valence-electron chi connectivity index (χ3n) is 8.65. The van der Waals surface area contributed by atoms with Gasteiger partial charge in [0, 0.05) is 51.5 Å². The van der Waals surface area contributed by atoms with Gasteiger partial charge in [-0.1, -0.05) is 12.1 Å². The van der Waals surface area contributed by atoms with Crippen molar-refractivity contribution in [1.29, 1.82) is 0 Å². The number of nitrogens with zero attached hydrogens (tertiary/aromatic N) is 5. The molecule has 2 aliphatic heterocycles. The number of hydrogen-bond donors (Lipinski definition) is 1. The second-order valence-corrected chi connectivity index (χ2v) is 13.6. The lowest BCUT2D eigenvalue weighted by molar-refractivity contribution is -0.160. The number of ether oxygens (including phenoxy) is 3. The molecule has 46 heavy (non-hydrogen) atoms. The van der Waals surface area contributed by atoms with Crippen molar-refractivity contribution in [2.45, 2.75) is 90.4 Å². The minimum Gasteiger partial charge on any atom is -0.488 e. The Morgan fingerprint density at radius 1 is 1.04 bits per heavy atom. The molecule has 1 amide bonds. The molecule has 2 N–H and O–H groups in total. The molecule has 2 saturated heterocycles. The monoisotopic (exact) mass is 642 g/mol. The summed E-state index contributed by atoms with van der Waals surface area (Å²) < 4.78 is 32.6. The summed E-state index contributed by atoms with van der Waals surface area (Å²) >= 11 is 0. The smallest absolute Gasteiger partial charge is 0.240 e. The van der Waals surface area contributed by atoms with Gasteiger partial charge in [0.2, 0.25) is 5.91 Å². The van der Waals surface area contributed by atoms with Gasteiger partial charge in [0.25, 0.3) is 0 Å². The molecule has 0 saturated carbocycles. The van der Waals surface area contributed by atoms with Gasteiger partial charge in [0.1, 0.15) is 11.4 Å². The Morgan fingerprint density at radius 2 is 1.67 bits per heavy atom. The first-order valence-electron chi connectivity index (χ1n) is 16.7. The van der Waals surface area contributed by atoms with E-state index in [1.54, 1.807) is 11.0 Å². The number of pyridine rings is 1. The summed E-state index contributed by atoms with van der Waals surface area (Å²) in [7, 11) is 4.29. The summed E-state index contributed by atoms with van der Waals surface area (Å²) in [5.74, 6) is 0.479. The molecule has 256 valence electrons. The first-order chi connectivity index (χ1) is 21.9. The van der Waals surface area contributed by atoms with Crippen molar-refractivity contribution in [3.05, 3.63) is 53.5 Å². The van der Waals surface area contributed by atoms with E-state index in [9.17, 15) is 4.79 Å². The van der Waals surface area contributed by atoms with Crippen molar-refractivity contribution in [3.8, 4) is 5.75 Å². The number of likely N-dealkylation sites (tertiary alicyclic amines) is 1. The summed E-state index contributed by atoms with van der Waals surface area (Å²) in [6.07, 6.45) is 2.04. The van der Waals surface area contributed by atoms with Gasteiger partial charge in [-0.05, 0) is 97.8 Å². The van der Waals surface area contributed by atoms with Crippen molar-refractivity contribution >= 4 is 11.7 Å². The van der Waals surface area contributed by atoms with E-state index in [2.05, 4.69) is 23.9 Å². The highest BCUT2D eigenvalue weighted by molar-refractivity contribution is 5.82. The van der Waals surface area contributed by atoms with Gasteiger partial charge in [0.05, 0.1) is 24.8 Å². The van der Waals surface area contributed by atoms with E-state index in [0.29, 0.717) is 43.2 Å². The normalized spacial score (nSPS) is 17.4. The summed E-state index contributed by atoms with van der Waals surface area (Å²) in [6.45, 7) is 14.6. The Kier molecular flexibility index (Phi) is 12.8. The fourth-order valence-corrected chi connectivity index (χ4v) is 6.16. The number of carbonyl (C=O) groups excluding carboxylic acids is 1. The standard InChI is InChI=1S/C35H55FN6O4/c1-8-44-32(45-9-2)24-42(34(43)31(37)20-25-10-13-29(14-11-25)46-35(3,4)5)21-26-12-15-30(36)33(38-26)41-22-28(23-41)40-18-16-27(17-19-40)39(6)7/h10-15,27-28,31-32H,8-9,16-24,37H2,1-7H3/t31-/m0/s1. The predicted octanol–water partition coefficient (Wildman–Crippen LogP) is 3.91. The molecular formula is C35H55FN6O4. The Bertz CT molecular complexity index is 1240. The number of aromatic nitrogens is 1. The second kappa shape index (κ2) is 16.3. The van der Waals surface area contributed by atoms with Crippen LogP contribution >= 0.6 is 0 Å². The fourth-order valence-electron chi connectivity index (χ4n) is 6.16. The number of hydrogen-bond acceptors (Lipinski definition) is 9. The maximum absolute atomic E-state index is 15.1. The molecule has 0 unspecified atom stereocenters. The molecule has 1 aromatic carbocycles. The van der Waals surface area contributed by atoms with Gasteiger partial charge in [-0.2, -0.15) is 0 Å². The van der Waals surface area contributed by atoms with Crippen LogP contribution in [-0.2, 0) is 27.2 Å². The van der Waals surface area contributed by atoms with Crippen LogP contribution in [0.15, 0.2) is 36.4 Å². The van der Waals surface area contributed by atoms with E-state index in [1.807, 2.05) is 63.8 Å². The van der Waals surface area contributed by atoms with E-state index in [-0.39, 0.29) is 30.4 Å². The van der Waals surface area contributed by atoms with Crippen molar-refractivity contribution in [2.24, 2.45) is 5.73 Å². The van der Waals surface area contributed by atoms with Gasteiger partial charge < -0.3 is 34.6 Å². The summed E-state index contributed by atoms with van der Waals surface area (Å²) in [4.78, 5) is 27.0. The van der Waals surface area contributed by atoms with Gasteiger partial charge in [-0.15, -0.1) is 0 Å². The van der Waals surface area contributed by atoms with Crippen LogP contribution in [0, 0.1) is 5.82 Å². The molecule has 0 aliphatic carbocycles. The van der Waals surface area contributed by atoms with Crippen molar-refractivity contribution in [2.75, 3.05) is 64.9 Å². The maximum atomic E-state index is 15.1. The van der Waals surface area contributed by atoms with E-state index in [1.165, 1.54) is 6.07 Å². The SMILES string of the molecule is CCOC(CN(Cc1ccc(F)c(N2CC(N3CCC(N(C)C)CC3)C2)n1)C(=O)[C@@H](N)Cc1ccc(OC(C)(C)C)cc1)OCC. The third kappa shape index (κ3) is 10.1. The molecule has 2 aromatic rings. The highest BCUT2D eigenvalue weighted by Crippen LogP contribution is 2.28. The second-order valence-electron chi connectivity index (χ2n) is 13.6. The van der Waals surface area contributed by atoms with Gasteiger partial charge in [-0.25, -0.2) is 9.37 Å². The lowest BCUT2D eigenvalue weighted by Crippen LogP contribution is -2.62. The van der Waals surface area contributed by atoms with Crippen LogP contribution in [0.25, 0.3) is 0 Å². The minimum atomic E-state index is -0.800. The van der Waals surface area contributed by atoms with Crippen LogP contribution in [0.5, 0.6) is 5.75 Å². The maximum Gasteiger partial charge on any atom is 0.240 e. The fraction of sp³-hybridized carbons (Fsp3) is 0.657. The van der Waals surface area contributed by atoms with Crippen LogP contribution in [0.2, 0.25) is 0 Å². The van der Waals surface area contributed by atoms with E-state index in [0.717, 1.165) is 50.3 Å². The largest absolute Gasteiger partial charge is 0.488 e. The molecular weight excluding hydrogens is 587 g/mol. The Hall–Kier alpha value is -2.83. The summed E-state index contributed by atoms with van der Waals surface area (Å²) in [6, 6.07) is 11.0.